The second-order valence-electron chi connectivity index (χ2n) is 6.51. The van der Waals surface area contributed by atoms with E-state index in [-0.39, 0.29) is 18.1 Å². The average Bonchev–Trinajstić information content (AvgIpc) is 2.48. The summed E-state index contributed by atoms with van der Waals surface area (Å²) < 4.78 is 0. The Morgan fingerprint density at radius 1 is 0.952 bits per heavy atom. The standard InChI is InChI=1S/C16H28N2O3/c1-2-11-7-3-5-9-13(11)17-16(21)18-14-10-6-4-8-12(14)15(19)20/h11-14H,2-10H2,1H3,(H,19,20)(H2,17,18,21). The highest BCUT2D eigenvalue weighted by atomic mass is 16.4. The van der Waals surface area contributed by atoms with Crippen molar-refractivity contribution in [2.24, 2.45) is 11.8 Å². The van der Waals surface area contributed by atoms with Gasteiger partial charge >= 0.3 is 12.0 Å². The van der Waals surface area contributed by atoms with Crippen LogP contribution in [-0.4, -0.2) is 29.2 Å². The SMILES string of the molecule is CCC1CCCCC1NC(=O)NC1CCCCC1C(=O)O. The van der Waals surface area contributed by atoms with E-state index in [1.54, 1.807) is 0 Å². The zero-order valence-electron chi connectivity index (χ0n) is 12.9. The lowest BCUT2D eigenvalue weighted by Crippen LogP contribution is -2.52. The van der Waals surface area contributed by atoms with E-state index < -0.39 is 11.9 Å². The third-order valence-electron chi connectivity index (χ3n) is 5.15. The van der Waals surface area contributed by atoms with E-state index in [4.69, 9.17) is 0 Å². The van der Waals surface area contributed by atoms with E-state index in [0.717, 1.165) is 32.1 Å². The van der Waals surface area contributed by atoms with Crippen molar-refractivity contribution in [2.45, 2.75) is 76.8 Å². The van der Waals surface area contributed by atoms with Gasteiger partial charge in [0.05, 0.1) is 5.92 Å². The predicted octanol–water partition coefficient (Wildman–Crippen LogP) is 2.90. The van der Waals surface area contributed by atoms with Crippen molar-refractivity contribution in [1.29, 1.82) is 0 Å². The molecule has 0 radical (unpaired) electrons. The summed E-state index contributed by atoms with van der Waals surface area (Å²) in [5, 5.41) is 15.2. The van der Waals surface area contributed by atoms with Crippen molar-refractivity contribution in [1.82, 2.24) is 10.6 Å². The first-order valence-corrected chi connectivity index (χ1v) is 8.41. The molecule has 2 fully saturated rings. The van der Waals surface area contributed by atoms with Crippen LogP contribution in [0.15, 0.2) is 0 Å². The van der Waals surface area contributed by atoms with E-state index in [1.165, 1.54) is 19.3 Å². The minimum Gasteiger partial charge on any atom is -0.481 e. The molecule has 4 unspecified atom stereocenters. The molecule has 5 nitrogen and oxygen atoms in total. The summed E-state index contributed by atoms with van der Waals surface area (Å²) in [5.41, 5.74) is 0. The van der Waals surface area contributed by atoms with Crippen LogP contribution in [0.1, 0.15) is 64.7 Å². The van der Waals surface area contributed by atoms with Gasteiger partial charge < -0.3 is 15.7 Å². The molecule has 2 aliphatic carbocycles. The topological polar surface area (TPSA) is 78.4 Å². The van der Waals surface area contributed by atoms with E-state index in [9.17, 15) is 14.7 Å². The number of carboxylic acids is 1. The van der Waals surface area contributed by atoms with E-state index in [1.807, 2.05) is 0 Å². The molecule has 2 aliphatic rings. The van der Waals surface area contributed by atoms with Gasteiger partial charge in [-0.2, -0.15) is 0 Å². The summed E-state index contributed by atoms with van der Waals surface area (Å²) in [4.78, 5) is 23.5. The smallest absolute Gasteiger partial charge is 0.315 e. The summed E-state index contributed by atoms with van der Waals surface area (Å²) in [5.74, 6) is -0.659. The van der Waals surface area contributed by atoms with Crippen LogP contribution in [0.4, 0.5) is 4.79 Å². The third-order valence-corrected chi connectivity index (χ3v) is 5.15. The number of aliphatic carboxylic acids is 1. The van der Waals surface area contributed by atoms with Crippen molar-refractivity contribution in [3.05, 3.63) is 0 Å². The molecule has 0 saturated heterocycles. The summed E-state index contributed by atoms with van der Waals surface area (Å²) >= 11 is 0. The number of carboxylic acid groups (broad SMARTS) is 1. The van der Waals surface area contributed by atoms with Crippen LogP contribution in [0.5, 0.6) is 0 Å². The summed E-state index contributed by atoms with van der Waals surface area (Å²) in [6.07, 6.45) is 9.11. The molecule has 0 heterocycles. The van der Waals surface area contributed by atoms with Gasteiger partial charge in [0.25, 0.3) is 0 Å². The summed E-state index contributed by atoms with van der Waals surface area (Å²) in [7, 11) is 0. The predicted molar refractivity (Wildman–Crippen MR) is 81.1 cm³/mol. The van der Waals surface area contributed by atoms with E-state index in [0.29, 0.717) is 12.3 Å². The Hall–Kier alpha value is -1.26. The lowest BCUT2D eigenvalue weighted by atomic mass is 9.83. The first kappa shape index (κ1) is 16.1. The van der Waals surface area contributed by atoms with Gasteiger partial charge in [-0.25, -0.2) is 4.79 Å². The van der Waals surface area contributed by atoms with Crippen LogP contribution in [0, 0.1) is 11.8 Å². The van der Waals surface area contributed by atoms with Crippen LogP contribution < -0.4 is 10.6 Å². The van der Waals surface area contributed by atoms with Crippen molar-refractivity contribution in [3.63, 3.8) is 0 Å². The van der Waals surface area contributed by atoms with Gasteiger partial charge in [0.1, 0.15) is 0 Å². The van der Waals surface area contributed by atoms with Crippen LogP contribution >= 0.6 is 0 Å². The minimum atomic E-state index is -0.788. The molecular weight excluding hydrogens is 268 g/mol. The van der Waals surface area contributed by atoms with E-state index >= 15 is 0 Å². The molecule has 0 aromatic heterocycles. The second kappa shape index (κ2) is 7.66. The molecule has 4 atom stereocenters. The first-order chi connectivity index (χ1) is 10.1. The number of nitrogens with one attached hydrogen (secondary N) is 2. The van der Waals surface area contributed by atoms with Crippen LogP contribution in [0.3, 0.4) is 0 Å². The Bertz CT molecular complexity index is 373. The Kier molecular flexibility index (Phi) is 5.88. The van der Waals surface area contributed by atoms with Gasteiger partial charge in [0, 0.05) is 12.1 Å². The Balaban J connectivity index is 1.86. The molecule has 21 heavy (non-hydrogen) atoms. The summed E-state index contributed by atoms with van der Waals surface area (Å²) in [6.45, 7) is 2.17. The maximum absolute atomic E-state index is 12.2. The van der Waals surface area contributed by atoms with Crippen LogP contribution in [0.25, 0.3) is 0 Å². The molecule has 0 bridgehead atoms. The fourth-order valence-electron chi connectivity index (χ4n) is 3.86. The number of rotatable bonds is 4. The summed E-state index contributed by atoms with van der Waals surface area (Å²) in [6, 6.07) is -0.158. The number of carbonyl (C=O) groups is 2. The van der Waals surface area contributed by atoms with Gasteiger partial charge in [0.2, 0.25) is 0 Å². The normalized spacial score (nSPS) is 33.2. The monoisotopic (exact) mass is 296 g/mol. The van der Waals surface area contributed by atoms with Gasteiger partial charge in [-0.15, -0.1) is 0 Å². The maximum atomic E-state index is 12.2. The van der Waals surface area contributed by atoms with E-state index in [2.05, 4.69) is 17.6 Å². The van der Waals surface area contributed by atoms with Crippen LogP contribution in [0.2, 0.25) is 0 Å². The average molecular weight is 296 g/mol. The maximum Gasteiger partial charge on any atom is 0.315 e. The molecule has 5 heteroatoms. The molecule has 0 spiro atoms. The van der Waals surface area contributed by atoms with Gasteiger partial charge in [-0.05, 0) is 31.6 Å². The first-order valence-electron chi connectivity index (χ1n) is 8.41. The highest BCUT2D eigenvalue weighted by Crippen LogP contribution is 2.27. The Morgan fingerprint density at radius 2 is 1.52 bits per heavy atom. The van der Waals surface area contributed by atoms with Gasteiger partial charge in [-0.1, -0.05) is 39.0 Å². The molecule has 120 valence electrons. The number of urea groups is 1. The van der Waals surface area contributed by atoms with Crippen molar-refractivity contribution >= 4 is 12.0 Å². The minimum absolute atomic E-state index is 0.182. The zero-order chi connectivity index (χ0) is 15.2. The highest BCUT2D eigenvalue weighted by molar-refractivity contribution is 5.77. The third kappa shape index (κ3) is 4.35. The number of hydrogen-bond acceptors (Lipinski definition) is 2. The fraction of sp³-hybridized carbons (Fsp3) is 0.875. The lowest BCUT2D eigenvalue weighted by molar-refractivity contribution is -0.143. The molecular formula is C16H28N2O3. The zero-order valence-corrected chi connectivity index (χ0v) is 12.9. The molecule has 0 aromatic rings. The molecule has 2 saturated carbocycles. The van der Waals surface area contributed by atoms with Gasteiger partial charge in [-0.3, -0.25) is 4.79 Å². The lowest BCUT2D eigenvalue weighted by Gasteiger charge is -2.33. The quantitative estimate of drug-likeness (QED) is 0.746. The van der Waals surface area contributed by atoms with Crippen molar-refractivity contribution in [2.75, 3.05) is 0 Å². The largest absolute Gasteiger partial charge is 0.481 e. The molecule has 0 aromatic carbocycles. The highest BCUT2D eigenvalue weighted by Gasteiger charge is 2.32. The van der Waals surface area contributed by atoms with Crippen LogP contribution in [-0.2, 0) is 4.79 Å². The molecule has 2 amide bonds. The molecule has 3 N–H and O–H groups in total. The Labute approximate surface area is 126 Å². The number of amides is 2. The number of carbonyl (C=O) groups excluding carboxylic acids is 1. The molecule has 2 rings (SSSR count). The molecule has 0 aliphatic heterocycles. The second-order valence-corrected chi connectivity index (χ2v) is 6.51. The Morgan fingerprint density at radius 3 is 2.19 bits per heavy atom. The van der Waals surface area contributed by atoms with Gasteiger partial charge in [0.15, 0.2) is 0 Å². The van der Waals surface area contributed by atoms with Crippen molar-refractivity contribution < 1.29 is 14.7 Å². The van der Waals surface area contributed by atoms with Crippen molar-refractivity contribution in [3.8, 4) is 0 Å². The number of hydrogen-bond donors (Lipinski definition) is 3. The fourth-order valence-corrected chi connectivity index (χ4v) is 3.86.